The lowest BCUT2D eigenvalue weighted by Gasteiger charge is -2.17. The quantitative estimate of drug-likeness (QED) is 0.854. The van der Waals surface area contributed by atoms with Crippen molar-refractivity contribution in [1.29, 1.82) is 0 Å². The van der Waals surface area contributed by atoms with E-state index >= 15 is 0 Å². The zero-order valence-electron chi connectivity index (χ0n) is 10.9. The van der Waals surface area contributed by atoms with Crippen molar-refractivity contribution in [2.75, 3.05) is 0 Å². The molecule has 3 nitrogen and oxygen atoms in total. The Bertz CT molecular complexity index is 619. The van der Waals surface area contributed by atoms with E-state index in [0.29, 0.717) is 16.8 Å². The van der Waals surface area contributed by atoms with Crippen molar-refractivity contribution in [2.24, 2.45) is 0 Å². The van der Waals surface area contributed by atoms with Crippen molar-refractivity contribution < 1.29 is 4.39 Å². The second-order valence-corrected chi connectivity index (χ2v) is 5.49. The summed E-state index contributed by atoms with van der Waals surface area (Å²) in [4.78, 5) is 0. The first-order valence-electron chi connectivity index (χ1n) is 6.44. The minimum absolute atomic E-state index is 0.0619. The Morgan fingerprint density at radius 3 is 2.74 bits per heavy atom. The lowest BCUT2D eigenvalue weighted by molar-refractivity contribution is 0.583. The molecule has 1 aromatic carbocycles. The molecule has 1 aliphatic carbocycles. The van der Waals surface area contributed by atoms with Crippen molar-refractivity contribution in [3.63, 3.8) is 0 Å². The Balaban J connectivity index is 2.01. The molecule has 2 aromatic rings. The fraction of sp³-hybridized carbons (Fsp3) is 0.429. The molecule has 0 aliphatic heterocycles. The molecule has 0 radical (unpaired) electrons. The van der Waals surface area contributed by atoms with E-state index in [1.165, 1.54) is 0 Å². The van der Waals surface area contributed by atoms with Gasteiger partial charge in [-0.3, -0.25) is 4.57 Å². The molecule has 0 spiro atoms. The van der Waals surface area contributed by atoms with Gasteiger partial charge in [-0.25, -0.2) is 4.39 Å². The SMILES string of the molecule is Cc1ccc(C(C)n2c(Cl)nnc2C2CC2)cc1F. The van der Waals surface area contributed by atoms with Crippen LogP contribution in [-0.2, 0) is 0 Å². The molecule has 19 heavy (non-hydrogen) atoms. The molecule has 1 fully saturated rings. The molecule has 1 aromatic heterocycles. The van der Waals surface area contributed by atoms with Crippen LogP contribution in [0.1, 0.15) is 48.7 Å². The fourth-order valence-corrected chi connectivity index (χ4v) is 2.55. The highest BCUT2D eigenvalue weighted by molar-refractivity contribution is 6.28. The zero-order valence-corrected chi connectivity index (χ0v) is 11.7. The maximum absolute atomic E-state index is 13.7. The molecular weight excluding hydrogens is 265 g/mol. The topological polar surface area (TPSA) is 30.7 Å². The van der Waals surface area contributed by atoms with Crippen LogP contribution in [0.3, 0.4) is 0 Å². The Labute approximate surface area is 116 Å². The van der Waals surface area contributed by atoms with E-state index in [-0.39, 0.29) is 11.9 Å². The van der Waals surface area contributed by atoms with Crippen molar-refractivity contribution in [2.45, 2.75) is 38.6 Å². The van der Waals surface area contributed by atoms with Gasteiger partial charge < -0.3 is 0 Å². The van der Waals surface area contributed by atoms with E-state index in [4.69, 9.17) is 11.6 Å². The summed E-state index contributed by atoms with van der Waals surface area (Å²) < 4.78 is 15.6. The molecule has 0 saturated heterocycles. The molecule has 100 valence electrons. The molecule has 1 saturated carbocycles. The van der Waals surface area contributed by atoms with Gasteiger partial charge in [0, 0.05) is 5.92 Å². The predicted molar refractivity (Wildman–Crippen MR) is 72.0 cm³/mol. The van der Waals surface area contributed by atoms with Crippen molar-refractivity contribution in [3.8, 4) is 0 Å². The van der Waals surface area contributed by atoms with Gasteiger partial charge in [0.15, 0.2) is 0 Å². The molecule has 1 atom stereocenters. The molecule has 1 heterocycles. The van der Waals surface area contributed by atoms with Gasteiger partial charge in [-0.1, -0.05) is 12.1 Å². The molecule has 5 heteroatoms. The first-order chi connectivity index (χ1) is 9.08. The smallest absolute Gasteiger partial charge is 0.225 e. The van der Waals surface area contributed by atoms with Gasteiger partial charge in [0.05, 0.1) is 6.04 Å². The summed E-state index contributed by atoms with van der Waals surface area (Å²) in [6.45, 7) is 3.75. The van der Waals surface area contributed by atoms with Gasteiger partial charge in [0.2, 0.25) is 5.28 Å². The summed E-state index contributed by atoms with van der Waals surface area (Å²) in [6, 6.07) is 5.22. The third-order valence-corrected chi connectivity index (χ3v) is 3.95. The molecule has 1 unspecified atom stereocenters. The van der Waals surface area contributed by atoms with Gasteiger partial charge in [0.1, 0.15) is 11.6 Å². The number of hydrogen-bond acceptors (Lipinski definition) is 2. The number of aromatic nitrogens is 3. The summed E-state index contributed by atoms with van der Waals surface area (Å²) in [6.07, 6.45) is 2.26. The van der Waals surface area contributed by atoms with Crippen molar-refractivity contribution in [3.05, 3.63) is 46.3 Å². The van der Waals surface area contributed by atoms with E-state index in [1.807, 2.05) is 17.6 Å². The summed E-state index contributed by atoms with van der Waals surface area (Å²) in [5, 5.41) is 8.47. The van der Waals surface area contributed by atoms with Crippen LogP contribution in [0.25, 0.3) is 0 Å². The number of benzene rings is 1. The Morgan fingerprint density at radius 1 is 1.37 bits per heavy atom. The maximum atomic E-state index is 13.7. The van der Waals surface area contributed by atoms with Crippen LogP contribution in [0.15, 0.2) is 18.2 Å². The Hall–Kier alpha value is -1.42. The monoisotopic (exact) mass is 279 g/mol. The van der Waals surface area contributed by atoms with Crippen LogP contribution in [0, 0.1) is 12.7 Å². The normalized spacial score (nSPS) is 16.6. The number of hydrogen-bond donors (Lipinski definition) is 0. The van der Waals surface area contributed by atoms with Gasteiger partial charge in [-0.2, -0.15) is 0 Å². The average molecular weight is 280 g/mol. The van der Waals surface area contributed by atoms with Crippen LogP contribution in [0.2, 0.25) is 5.28 Å². The third-order valence-electron chi connectivity index (χ3n) is 3.69. The van der Waals surface area contributed by atoms with Crippen LogP contribution in [-0.4, -0.2) is 14.8 Å². The van der Waals surface area contributed by atoms with Crippen LogP contribution in [0.4, 0.5) is 4.39 Å². The van der Waals surface area contributed by atoms with E-state index in [9.17, 15) is 4.39 Å². The number of rotatable bonds is 3. The van der Waals surface area contributed by atoms with Gasteiger partial charge in [-0.05, 0) is 55.5 Å². The van der Waals surface area contributed by atoms with Gasteiger partial charge in [0.25, 0.3) is 0 Å². The summed E-state index contributed by atoms with van der Waals surface area (Å²) in [7, 11) is 0. The van der Waals surface area contributed by atoms with E-state index in [0.717, 1.165) is 24.2 Å². The van der Waals surface area contributed by atoms with Crippen molar-refractivity contribution in [1.82, 2.24) is 14.8 Å². The number of aryl methyl sites for hydroxylation is 1. The van der Waals surface area contributed by atoms with Crippen LogP contribution >= 0.6 is 11.6 Å². The minimum Gasteiger partial charge on any atom is -0.294 e. The summed E-state index contributed by atoms with van der Waals surface area (Å²) >= 11 is 6.13. The van der Waals surface area contributed by atoms with E-state index < -0.39 is 0 Å². The van der Waals surface area contributed by atoms with Crippen LogP contribution < -0.4 is 0 Å². The van der Waals surface area contributed by atoms with Crippen molar-refractivity contribution >= 4 is 11.6 Å². The maximum Gasteiger partial charge on any atom is 0.225 e. The molecule has 0 bridgehead atoms. The third kappa shape index (κ3) is 2.25. The minimum atomic E-state index is -0.193. The van der Waals surface area contributed by atoms with Gasteiger partial charge >= 0.3 is 0 Å². The lowest BCUT2D eigenvalue weighted by Crippen LogP contribution is -2.11. The largest absolute Gasteiger partial charge is 0.294 e. The standard InChI is InChI=1S/C14H15ClFN3/c1-8-3-4-11(7-12(8)16)9(2)19-13(10-5-6-10)17-18-14(19)15/h3-4,7,9-10H,5-6H2,1-2H3. The molecule has 1 aliphatic rings. The highest BCUT2D eigenvalue weighted by atomic mass is 35.5. The molecular formula is C14H15ClFN3. The predicted octanol–water partition coefficient (Wildman–Crippen LogP) is 3.87. The fourth-order valence-electron chi connectivity index (χ4n) is 2.28. The second-order valence-electron chi connectivity index (χ2n) is 5.16. The van der Waals surface area contributed by atoms with E-state index in [1.54, 1.807) is 19.1 Å². The Kier molecular flexibility index (Phi) is 3.05. The summed E-state index contributed by atoms with van der Waals surface area (Å²) in [5.41, 5.74) is 1.53. The average Bonchev–Trinajstić information content (AvgIpc) is 3.15. The highest BCUT2D eigenvalue weighted by Gasteiger charge is 2.31. The first kappa shape index (κ1) is 12.6. The molecule has 0 N–H and O–H groups in total. The Morgan fingerprint density at radius 2 is 2.11 bits per heavy atom. The molecule has 3 rings (SSSR count). The number of halogens is 2. The lowest BCUT2D eigenvalue weighted by atomic mass is 10.1. The first-order valence-corrected chi connectivity index (χ1v) is 6.82. The zero-order chi connectivity index (χ0) is 13.6. The number of nitrogens with zero attached hydrogens (tertiary/aromatic N) is 3. The van der Waals surface area contributed by atoms with Gasteiger partial charge in [-0.15, -0.1) is 10.2 Å². The van der Waals surface area contributed by atoms with E-state index in [2.05, 4.69) is 10.2 Å². The summed E-state index contributed by atoms with van der Waals surface area (Å²) in [5.74, 6) is 1.18. The molecule has 0 amide bonds. The second kappa shape index (κ2) is 4.60. The highest BCUT2D eigenvalue weighted by Crippen LogP contribution is 2.41. The van der Waals surface area contributed by atoms with Crippen LogP contribution in [0.5, 0.6) is 0 Å².